The van der Waals surface area contributed by atoms with Gasteiger partial charge in [-0.1, -0.05) is 72.2 Å². The van der Waals surface area contributed by atoms with Crippen LogP contribution >= 0.6 is 0 Å². The molecule has 0 spiro atoms. The zero-order chi connectivity index (χ0) is 25.1. The van der Waals surface area contributed by atoms with Crippen molar-refractivity contribution >= 4 is 0 Å². The number of hydrogen-bond acceptors (Lipinski definition) is 4. The predicted molar refractivity (Wildman–Crippen MR) is 140 cm³/mol. The maximum atomic E-state index is 11.2. The van der Waals surface area contributed by atoms with Gasteiger partial charge in [0.15, 0.2) is 11.5 Å². The van der Waals surface area contributed by atoms with Crippen molar-refractivity contribution in [1.29, 1.82) is 0 Å². The Morgan fingerprint density at radius 2 is 1.47 bits per heavy atom. The first-order valence-electron chi connectivity index (χ1n) is 12.5. The zero-order valence-corrected chi connectivity index (χ0v) is 21.9. The van der Waals surface area contributed by atoms with E-state index in [9.17, 15) is 10.2 Å². The fraction of sp³-hybridized carbons (Fsp3) is 0.533. The Balaban J connectivity index is 1.99. The van der Waals surface area contributed by atoms with E-state index >= 15 is 0 Å². The summed E-state index contributed by atoms with van der Waals surface area (Å²) in [5.41, 5.74) is 5.11. The first kappa shape index (κ1) is 27.9. The van der Waals surface area contributed by atoms with Crippen LogP contribution in [0.2, 0.25) is 0 Å². The van der Waals surface area contributed by atoms with Gasteiger partial charge in [-0.25, -0.2) is 0 Å². The third kappa shape index (κ3) is 8.48. The number of benzene rings is 1. The number of hydrogen-bond donors (Lipinski definition) is 2. The summed E-state index contributed by atoms with van der Waals surface area (Å²) in [4.78, 5) is 0. The lowest BCUT2D eigenvalue weighted by Crippen LogP contribution is -2.42. The first-order valence-corrected chi connectivity index (χ1v) is 12.5. The third-order valence-corrected chi connectivity index (χ3v) is 6.68. The van der Waals surface area contributed by atoms with E-state index in [0.717, 1.165) is 31.2 Å². The van der Waals surface area contributed by atoms with Crippen LogP contribution in [0.3, 0.4) is 0 Å². The van der Waals surface area contributed by atoms with Crippen molar-refractivity contribution in [3.8, 4) is 0 Å². The molecule has 0 saturated heterocycles. The summed E-state index contributed by atoms with van der Waals surface area (Å²) >= 11 is 0. The van der Waals surface area contributed by atoms with E-state index in [1.165, 1.54) is 23.8 Å². The Morgan fingerprint density at radius 3 is 2.09 bits per heavy atom. The zero-order valence-electron chi connectivity index (χ0n) is 21.9. The molecule has 0 aliphatic heterocycles. The topological polar surface area (TPSA) is 58.9 Å². The second-order valence-corrected chi connectivity index (χ2v) is 9.82. The van der Waals surface area contributed by atoms with E-state index < -0.39 is 12.2 Å². The summed E-state index contributed by atoms with van der Waals surface area (Å²) in [6.07, 6.45) is 10.1. The van der Waals surface area contributed by atoms with Gasteiger partial charge in [0, 0.05) is 5.92 Å². The van der Waals surface area contributed by atoms with Crippen molar-refractivity contribution in [2.24, 2.45) is 11.8 Å². The van der Waals surface area contributed by atoms with E-state index in [1.54, 1.807) is 0 Å². The highest BCUT2D eigenvalue weighted by atomic mass is 16.5. The van der Waals surface area contributed by atoms with Crippen molar-refractivity contribution in [3.05, 3.63) is 82.4 Å². The molecule has 4 heteroatoms. The van der Waals surface area contributed by atoms with E-state index in [-0.39, 0.29) is 11.8 Å². The number of aliphatic hydroxyl groups is 2. The maximum absolute atomic E-state index is 11.2. The van der Waals surface area contributed by atoms with Gasteiger partial charge < -0.3 is 19.7 Å². The van der Waals surface area contributed by atoms with Crippen LogP contribution in [0.15, 0.2) is 76.8 Å². The number of ether oxygens (including phenoxy) is 2. The Labute approximate surface area is 206 Å². The van der Waals surface area contributed by atoms with Crippen LogP contribution in [0, 0.1) is 11.8 Å². The van der Waals surface area contributed by atoms with Gasteiger partial charge in [0.1, 0.15) is 18.8 Å². The molecule has 34 heavy (non-hydrogen) atoms. The first-order chi connectivity index (χ1) is 16.2. The van der Waals surface area contributed by atoms with Gasteiger partial charge in [0.25, 0.3) is 0 Å². The second kappa shape index (κ2) is 14.2. The molecule has 2 N–H and O–H groups in total. The predicted octanol–water partition coefficient (Wildman–Crippen LogP) is 6.86. The van der Waals surface area contributed by atoms with Crippen molar-refractivity contribution in [2.75, 3.05) is 7.11 Å². The molecule has 188 valence electrons. The lowest BCUT2D eigenvalue weighted by Gasteiger charge is -2.38. The van der Waals surface area contributed by atoms with Gasteiger partial charge in [-0.15, -0.1) is 0 Å². The van der Waals surface area contributed by atoms with E-state index in [1.807, 2.05) is 37.3 Å². The van der Waals surface area contributed by atoms with E-state index in [0.29, 0.717) is 24.5 Å². The lowest BCUT2D eigenvalue weighted by molar-refractivity contribution is -0.0446. The van der Waals surface area contributed by atoms with Gasteiger partial charge in [0.2, 0.25) is 0 Å². The number of allylic oxidation sites excluding steroid dienone is 6. The molecule has 4 nitrogen and oxygen atoms in total. The van der Waals surface area contributed by atoms with Crippen LogP contribution in [-0.4, -0.2) is 29.5 Å². The average Bonchev–Trinajstić information content (AvgIpc) is 2.81. The molecular formula is C30H44O4. The van der Waals surface area contributed by atoms with Gasteiger partial charge in [0.05, 0.1) is 7.11 Å². The molecule has 4 atom stereocenters. The number of methoxy groups -OCH3 is 1. The highest BCUT2D eigenvalue weighted by molar-refractivity contribution is 5.21. The van der Waals surface area contributed by atoms with E-state index in [4.69, 9.17) is 9.47 Å². The molecule has 1 aromatic rings. The molecule has 0 radical (unpaired) electrons. The minimum atomic E-state index is -0.821. The summed E-state index contributed by atoms with van der Waals surface area (Å²) in [7, 11) is 1.52. The number of aliphatic hydroxyl groups excluding tert-OH is 2. The van der Waals surface area contributed by atoms with Gasteiger partial charge >= 0.3 is 0 Å². The summed E-state index contributed by atoms with van der Waals surface area (Å²) < 4.78 is 11.4. The Hall–Kier alpha value is -2.30. The van der Waals surface area contributed by atoms with Crippen LogP contribution < -0.4 is 0 Å². The molecule has 0 amide bonds. The molecule has 0 heterocycles. The highest BCUT2D eigenvalue weighted by Gasteiger charge is 2.42. The molecule has 1 aliphatic carbocycles. The minimum absolute atomic E-state index is 0.143. The summed E-state index contributed by atoms with van der Waals surface area (Å²) in [5, 5.41) is 22.0. The Kier molecular flexibility index (Phi) is 11.7. The minimum Gasteiger partial charge on any atom is -0.495 e. The summed E-state index contributed by atoms with van der Waals surface area (Å²) in [6.45, 7) is 10.9. The highest BCUT2D eigenvalue weighted by Crippen LogP contribution is 2.38. The molecule has 0 aromatic heterocycles. The van der Waals surface area contributed by atoms with Crippen molar-refractivity contribution < 1.29 is 19.7 Å². The van der Waals surface area contributed by atoms with Crippen molar-refractivity contribution in [3.63, 3.8) is 0 Å². The SMILES string of the molecule is COC1=C(OCc2ccccc2)C(O)C(CC=C(C)CCC=C(C)CCC=C(C)C)C(C)C1O. The molecule has 1 aromatic carbocycles. The normalized spacial score (nSPS) is 23.6. The standard InChI is InChI=1S/C30H44O4/c1-21(2)12-10-13-22(3)14-11-15-23(4)18-19-26-24(5)27(31)29(33-6)30(28(26)32)34-20-25-16-8-7-9-17-25/h7-9,12,14,16-18,24,26-28,31-32H,10-11,13,15,19-20H2,1-6H3. The largest absolute Gasteiger partial charge is 0.495 e. The molecular weight excluding hydrogens is 424 g/mol. The van der Waals surface area contributed by atoms with Gasteiger partial charge in [-0.05, 0) is 71.3 Å². The van der Waals surface area contributed by atoms with Gasteiger partial charge in [-0.2, -0.15) is 0 Å². The quantitative estimate of drug-likeness (QED) is 0.329. The van der Waals surface area contributed by atoms with Crippen molar-refractivity contribution in [1.82, 2.24) is 0 Å². The molecule has 4 unspecified atom stereocenters. The molecule has 2 rings (SSSR count). The molecule has 1 aliphatic rings. The molecule has 0 fully saturated rings. The van der Waals surface area contributed by atoms with Gasteiger partial charge in [-0.3, -0.25) is 0 Å². The van der Waals surface area contributed by atoms with Crippen LogP contribution in [0.4, 0.5) is 0 Å². The molecule has 0 bridgehead atoms. The van der Waals surface area contributed by atoms with E-state index in [2.05, 4.69) is 45.9 Å². The Bertz CT molecular complexity index is 874. The second-order valence-electron chi connectivity index (χ2n) is 9.82. The van der Waals surface area contributed by atoms with Crippen LogP contribution in [0.1, 0.15) is 72.3 Å². The van der Waals surface area contributed by atoms with Crippen LogP contribution in [0.25, 0.3) is 0 Å². The summed E-state index contributed by atoms with van der Waals surface area (Å²) in [5.74, 6) is 0.399. The lowest BCUT2D eigenvalue weighted by atomic mass is 9.76. The average molecular weight is 469 g/mol. The fourth-order valence-electron chi connectivity index (χ4n) is 4.38. The molecule has 0 saturated carbocycles. The Morgan fingerprint density at radius 1 is 0.853 bits per heavy atom. The monoisotopic (exact) mass is 468 g/mol. The van der Waals surface area contributed by atoms with Crippen molar-refractivity contribution in [2.45, 2.75) is 85.5 Å². The smallest absolute Gasteiger partial charge is 0.165 e. The third-order valence-electron chi connectivity index (χ3n) is 6.68. The number of rotatable bonds is 12. The summed E-state index contributed by atoms with van der Waals surface area (Å²) in [6, 6.07) is 9.81. The fourth-order valence-corrected chi connectivity index (χ4v) is 4.38. The maximum Gasteiger partial charge on any atom is 0.165 e. The van der Waals surface area contributed by atoms with Crippen LogP contribution in [0.5, 0.6) is 0 Å². The van der Waals surface area contributed by atoms with Crippen LogP contribution in [-0.2, 0) is 16.1 Å².